The van der Waals surface area contributed by atoms with Crippen molar-refractivity contribution in [1.82, 2.24) is 9.47 Å². The van der Waals surface area contributed by atoms with E-state index in [1.807, 2.05) is 11.0 Å². The van der Waals surface area contributed by atoms with Crippen molar-refractivity contribution >= 4 is 34.3 Å². The molecule has 3 aromatic carbocycles. The summed E-state index contributed by atoms with van der Waals surface area (Å²) in [5, 5.41) is 1.22. The maximum absolute atomic E-state index is 13.0. The van der Waals surface area contributed by atoms with Gasteiger partial charge in [-0.25, -0.2) is 0 Å². The Labute approximate surface area is 199 Å². The normalized spacial score (nSPS) is 14.1. The van der Waals surface area contributed by atoms with Crippen LogP contribution in [-0.2, 0) is 11.3 Å². The van der Waals surface area contributed by atoms with E-state index in [1.165, 1.54) is 32.6 Å². The fourth-order valence-electron chi connectivity index (χ4n) is 4.51. The lowest BCUT2D eigenvalue weighted by molar-refractivity contribution is -0.128. The standard InChI is InChI=1S/C28H29N3OS/c1-22-9-5-6-10-23(22)19-31-20-27(25-13-7-8-14-26(25)31)33-21-28(32)30-17-15-29(16-18-30)24-11-3-2-4-12-24/h2-14,20H,15-19,21H2,1H3. The molecule has 1 aliphatic heterocycles. The minimum absolute atomic E-state index is 0.225. The van der Waals surface area contributed by atoms with Crippen molar-refractivity contribution < 1.29 is 4.79 Å². The smallest absolute Gasteiger partial charge is 0.233 e. The summed E-state index contributed by atoms with van der Waals surface area (Å²) in [6, 6.07) is 27.5. The number of amides is 1. The maximum Gasteiger partial charge on any atom is 0.233 e. The quantitative estimate of drug-likeness (QED) is 0.363. The van der Waals surface area contributed by atoms with Gasteiger partial charge >= 0.3 is 0 Å². The summed E-state index contributed by atoms with van der Waals surface area (Å²) in [5.74, 6) is 0.701. The third-order valence-electron chi connectivity index (χ3n) is 6.46. The molecule has 1 fully saturated rings. The van der Waals surface area contributed by atoms with Crippen molar-refractivity contribution in [2.75, 3.05) is 36.8 Å². The van der Waals surface area contributed by atoms with Gasteiger partial charge < -0.3 is 14.4 Å². The van der Waals surface area contributed by atoms with E-state index in [4.69, 9.17) is 0 Å². The summed E-state index contributed by atoms with van der Waals surface area (Å²) in [4.78, 5) is 18.5. The first-order valence-electron chi connectivity index (χ1n) is 11.5. The lowest BCUT2D eigenvalue weighted by Gasteiger charge is -2.36. The molecule has 0 aliphatic carbocycles. The Morgan fingerprint density at radius 1 is 0.848 bits per heavy atom. The molecule has 0 bridgehead atoms. The number of aryl methyl sites for hydroxylation is 1. The number of anilines is 1. The minimum Gasteiger partial charge on any atom is -0.368 e. The zero-order chi connectivity index (χ0) is 22.6. The number of para-hydroxylation sites is 2. The van der Waals surface area contributed by atoms with Gasteiger partial charge in [-0.1, -0.05) is 60.7 Å². The molecule has 5 rings (SSSR count). The van der Waals surface area contributed by atoms with Crippen LogP contribution in [0.25, 0.3) is 10.9 Å². The van der Waals surface area contributed by atoms with E-state index in [0.29, 0.717) is 5.75 Å². The largest absolute Gasteiger partial charge is 0.368 e. The van der Waals surface area contributed by atoms with Crippen molar-refractivity contribution in [2.45, 2.75) is 18.4 Å². The van der Waals surface area contributed by atoms with Gasteiger partial charge in [0.05, 0.1) is 5.75 Å². The number of carbonyl (C=O) groups is 1. The number of hydrogen-bond acceptors (Lipinski definition) is 3. The molecule has 5 heteroatoms. The molecule has 4 aromatic rings. The second kappa shape index (κ2) is 9.75. The van der Waals surface area contributed by atoms with Crippen molar-refractivity contribution in [3.63, 3.8) is 0 Å². The molecule has 0 unspecified atom stereocenters. The molecule has 1 aromatic heterocycles. The van der Waals surface area contributed by atoms with Crippen LogP contribution in [0.5, 0.6) is 0 Å². The van der Waals surface area contributed by atoms with E-state index >= 15 is 0 Å². The third-order valence-corrected chi connectivity index (χ3v) is 7.49. The van der Waals surface area contributed by atoms with Crippen LogP contribution in [0, 0.1) is 6.92 Å². The number of aromatic nitrogens is 1. The molecule has 1 saturated heterocycles. The van der Waals surface area contributed by atoms with Gasteiger partial charge in [0.25, 0.3) is 0 Å². The van der Waals surface area contributed by atoms with Gasteiger partial charge in [-0.2, -0.15) is 0 Å². The van der Waals surface area contributed by atoms with E-state index in [1.54, 1.807) is 11.8 Å². The van der Waals surface area contributed by atoms with Gasteiger partial charge in [0, 0.05) is 60.4 Å². The van der Waals surface area contributed by atoms with Gasteiger partial charge in [-0.3, -0.25) is 4.79 Å². The minimum atomic E-state index is 0.225. The molecule has 4 nitrogen and oxygen atoms in total. The van der Waals surface area contributed by atoms with Crippen LogP contribution in [-0.4, -0.2) is 47.3 Å². The molecule has 0 radical (unpaired) electrons. The highest BCUT2D eigenvalue weighted by Gasteiger charge is 2.22. The average Bonchev–Trinajstić information content (AvgIpc) is 3.22. The fourth-order valence-corrected chi connectivity index (χ4v) is 5.51. The molecule has 2 heterocycles. The Morgan fingerprint density at radius 2 is 1.55 bits per heavy atom. The van der Waals surface area contributed by atoms with Crippen LogP contribution in [0.4, 0.5) is 5.69 Å². The van der Waals surface area contributed by atoms with E-state index < -0.39 is 0 Å². The Hall–Kier alpha value is -3.18. The number of piperazine rings is 1. The molecule has 1 amide bonds. The summed E-state index contributed by atoms with van der Waals surface area (Å²) in [6.07, 6.45) is 2.21. The summed E-state index contributed by atoms with van der Waals surface area (Å²) in [7, 11) is 0. The van der Waals surface area contributed by atoms with Crippen LogP contribution < -0.4 is 4.90 Å². The molecule has 0 N–H and O–H groups in total. The van der Waals surface area contributed by atoms with Crippen molar-refractivity contribution in [3.05, 3.63) is 96.2 Å². The zero-order valence-electron chi connectivity index (χ0n) is 19.0. The number of rotatable bonds is 6. The molecule has 0 saturated carbocycles. The SMILES string of the molecule is Cc1ccccc1Cn1cc(SCC(=O)N2CCN(c3ccccc3)CC2)c2ccccc21. The summed E-state index contributed by atoms with van der Waals surface area (Å²) in [6.45, 7) is 6.33. The average molecular weight is 456 g/mol. The number of carbonyl (C=O) groups excluding carboxylic acids is 1. The van der Waals surface area contributed by atoms with E-state index in [2.05, 4.69) is 95.4 Å². The lowest BCUT2D eigenvalue weighted by Crippen LogP contribution is -2.49. The monoisotopic (exact) mass is 455 g/mol. The molecular weight excluding hydrogens is 426 g/mol. The van der Waals surface area contributed by atoms with Gasteiger partial charge in [-0.15, -0.1) is 11.8 Å². The van der Waals surface area contributed by atoms with Crippen LogP contribution in [0.1, 0.15) is 11.1 Å². The maximum atomic E-state index is 13.0. The van der Waals surface area contributed by atoms with E-state index in [0.717, 1.165) is 32.7 Å². The first-order chi connectivity index (χ1) is 16.2. The van der Waals surface area contributed by atoms with E-state index in [-0.39, 0.29) is 5.91 Å². The molecule has 0 spiro atoms. The number of thioether (sulfide) groups is 1. The highest BCUT2D eigenvalue weighted by Crippen LogP contribution is 2.31. The Balaban J connectivity index is 1.24. The molecule has 0 atom stereocenters. The van der Waals surface area contributed by atoms with Crippen LogP contribution in [0.15, 0.2) is 90.0 Å². The number of nitrogens with zero attached hydrogens (tertiary/aromatic N) is 3. The van der Waals surface area contributed by atoms with Crippen molar-refractivity contribution in [1.29, 1.82) is 0 Å². The highest BCUT2D eigenvalue weighted by molar-refractivity contribution is 8.00. The zero-order valence-corrected chi connectivity index (χ0v) is 19.8. The van der Waals surface area contributed by atoms with Crippen molar-refractivity contribution in [3.8, 4) is 0 Å². The van der Waals surface area contributed by atoms with Gasteiger partial charge in [-0.05, 0) is 36.2 Å². The summed E-state index contributed by atoms with van der Waals surface area (Å²) >= 11 is 1.66. The Kier molecular flexibility index (Phi) is 6.40. The van der Waals surface area contributed by atoms with Gasteiger partial charge in [0.2, 0.25) is 5.91 Å². The first kappa shape index (κ1) is 21.7. The van der Waals surface area contributed by atoms with Gasteiger partial charge in [0.1, 0.15) is 0 Å². The van der Waals surface area contributed by atoms with Gasteiger partial charge in [0.15, 0.2) is 0 Å². The number of fused-ring (bicyclic) bond motifs is 1. The predicted octanol–water partition coefficient (Wildman–Crippen LogP) is 5.44. The number of benzene rings is 3. The molecule has 33 heavy (non-hydrogen) atoms. The summed E-state index contributed by atoms with van der Waals surface area (Å²) < 4.78 is 2.31. The Morgan fingerprint density at radius 3 is 2.33 bits per heavy atom. The predicted molar refractivity (Wildman–Crippen MR) is 138 cm³/mol. The molecule has 1 aliphatic rings. The van der Waals surface area contributed by atoms with Crippen LogP contribution >= 0.6 is 11.8 Å². The topological polar surface area (TPSA) is 28.5 Å². The van der Waals surface area contributed by atoms with Crippen LogP contribution in [0.3, 0.4) is 0 Å². The van der Waals surface area contributed by atoms with E-state index in [9.17, 15) is 4.79 Å². The number of hydrogen-bond donors (Lipinski definition) is 0. The van der Waals surface area contributed by atoms with Crippen molar-refractivity contribution in [2.24, 2.45) is 0 Å². The fraction of sp³-hybridized carbons (Fsp3) is 0.250. The molecule has 168 valence electrons. The summed E-state index contributed by atoms with van der Waals surface area (Å²) in [5.41, 5.74) is 5.07. The second-order valence-electron chi connectivity index (χ2n) is 8.56. The second-order valence-corrected chi connectivity index (χ2v) is 9.57. The highest BCUT2D eigenvalue weighted by atomic mass is 32.2. The Bertz CT molecular complexity index is 1240. The lowest BCUT2D eigenvalue weighted by atomic mass is 10.1. The van der Waals surface area contributed by atoms with Crippen LogP contribution in [0.2, 0.25) is 0 Å². The first-order valence-corrected chi connectivity index (χ1v) is 12.5. The third kappa shape index (κ3) is 4.79. The molecular formula is C28H29N3OS.